The molecule has 0 spiro atoms. The summed E-state index contributed by atoms with van der Waals surface area (Å²) < 4.78 is 21.1. The molecule has 0 bridgehead atoms. The number of carbonyl (C=O) groups is 1. The van der Waals surface area contributed by atoms with Crippen molar-refractivity contribution in [3.8, 4) is 11.3 Å². The third-order valence-corrected chi connectivity index (χ3v) is 6.20. The minimum absolute atomic E-state index is 0.0173. The molecule has 4 aromatic rings. The van der Waals surface area contributed by atoms with Gasteiger partial charge >= 0.3 is 0 Å². The number of morpholine rings is 1. The summed E-state index contributed by atoms with van der Waals surface area (Å²) in [6.07, 6.45) is 0.573. The molecule has 37 heavy (non-hydrogen) atoms. The number of nitrogens with one attached hydrogen (secondary N) is 2. The number of fused-ring (bicyclic) bond motifs is 1. The number of hydrogen-bond acceptors (Lipinski definition) is 8. The molecule has 1 atom stereocenters. The number of benzene rings is 2. The number of halogens is 1. The van der Waals surface area contributed by atoms with Gasteiger partial charge in [-0.25, -0.2) is 19.3 Å². The first-order valence-electron chi connectivity index (χ1n) is 12.1. The van der Waals surface area contributed by atoms with Gasteiger partial charge in [-0.05, 0) is 37.3 Å². The second kappa shape index (κ2) is 10.4. The van der Waals surface area contributed by atoms with Crippen LogP contribution in [0.4, 0.5) is 27.4 Å². The SMILES string of the molecule is C[C@@H](F)CNc1nc(Nc2ccc(N3CCOCC3)cc2)c(C(N)=O)nc1-c1cccc2c1ncn2C. The Morgan fingerprint density at radius 1 is 1.14 bits per heavy atom. The maximum Gasteiger partial charge on any atom is 0.271 e. The van der Waals surface area contributed by atoms with Gasteiger partial charge in [-0.1, -0.05) is 12.1 Å². The summed E-state index contributed by atoms with van der Waals surface area (Å²) in [4.78, 5) is 28.5. The highest BCUT2D eigenvalue weighted by atomic mass is 19.1. The Morgan fingerprint density at radius 2 is 1.89 bits per heavy atom. The summed E-state index contributed by atoms with van der Waals surface area (Å²) >= 11 is 0. The molecule has 1 amide bonds. The van der Waals surface area contributed by atoms with E-state index >= 15 is 0 Å². The lowest BCUT2D eigenvalue weighted by atomic mass is 10.1. The molecule has 192 valence electrons. The van der Waals surface area contributed by atoms with E-state index in [1.54, 1.807) is 6.33 Å². The van der Waals surface area contributed by atoms with Crippen molar-refractivity contribution in [2.45, 2.75) is 13.1 Å². The second-order valence-electron chi connectivity index (χ2n) is 8.94. The van der Waals surface area contributed by atoms with Crippen molar-refractivity contribution in [3.63, 3.8) is 0 Å². The molecule has 2 aromatic heterocycles. The molecule has 1 saturated heterocycles. The minimum Gasteiger partial charge on any atom is -0.378 e. The van der Waals surface area contributed by atoms with E-state index in [0.717, 1.165) is 24.3 Å². The molecule has 1 fully saturated rings. The van der Waals surface area contributed by atoms with Gasteiger partial charge in [-0.3, -0.25) is 4.79 Å². The number of primary amides is 1. The van der Waals surface area contributed by atoms with Gasteiger partial charge in [-0.15, -0.1) is 0 Å². The van der Waals surface area contributed by atoms with E-state index in [9.17, 15) is 9.18 Å². The molecule has 10 nitrogen and oxygen atoms in total. The number of alkyl halides is 1. The van der Waals surface area contributed by atoms with E-state index in [1.807, 2.05) is 54.1 Å². The minimum atomic E-state index is -1.12. The van der Waals surface area contributed by atoms with Gasteiger partial charge in [0.25, 0.3) is 5.91 Å². The molecule has 1 aliphatic heterocycles. The summed E-state index contributed by atoms with van der Waals surface area (Å²) in [7, 11) is 1.89. The van der Waals surface area contributed by atoms with E-state index in [1.165, 1.54) is 6.92 Å². The lowest BCUT2D eigenvalue weighted by molar-refractivity contribution is 0.0996. The quantitative estimate of drug-likeness (QED) is 0.333. The second-order valence-corrected chi connectivity index (χ2v) is 8.94. The van der Waals surface area contributed by atoms with Crippen molar-refractivity contribution in [3.05, 3.63) is 54.5 Å². The van der Waals surface area contributed by atoms with E-state index in [2.05, 4.69) is 30.5 Å². The molecule has 0 saturated carbocycles. The molecule has 0 unspecified atom stereocenters. The predicted octanol–water partition coefficient (Wildman–Crippen LogP) is 3.48. The lowest BCUT2D eigenvalue weighted by Crippen LogP contribution is -2.36. The van der Waals surface area contributed by atoms with Crippen LogP contribution in [0.15, 0.2) is 48.8 Å². The number of anilines is 4. The van der Waals surface area contributed by atoms with Crippen LogP contribution in [-0.2, 0) is 11.8 Å². The number of aromatic nitrogens is 4. The average molecular weight is 505 g/mol. The van der Waals surface area contributed by atoms with Crippen LogP contribution >= 0.6 is 0 Å². The number of amides is 1. The number of rotatable bonds is 8. The van der Waals surface area contributed by atoms with Crippen LogP contribution in [0.3, 0.4) is 0 Å². The predicted molar refractivity (Wildman–Crippen MR) is 142 cm³/mol. The Kier molecular flexibility index (Phi) is 6.87. The van der Waals surface area contributed by atoms with Crippen LogP contribution < -0.4 is 21.3 Å². The van der Waals surface area contributed by atoms with E-state index < -0.39 is 12.1 Å². The highest BCUT2D eigenvalue weighted by Crippen LogP contribution is 2.33. The number of nitrogens with zero attached hydrogens (tertiary/aromatic N) is 5. The summed E-state index contributed by atoms with van der Waals surface area (Å²) in [6.45, 7) is 4.52. The van der Waals surface area contributed by atoms with Gasteiger partial charge in [0.2, 0.25) is 0 Å². The lowest BCUT2D eigenvalue weighted by Gasteiger charge is -2.29. The van der Waals surface area contributed by atoms with Gasteiger partial charge in [0, 0.05) is 43.6 Å². The van der Waals surface area contributed by atoms with E-state index in [4.69, 9.17) is 10.5 Å². The molecule has 5 rings (SSSR count). The fourth-order valence-corrected chi connectivity index (χ4v) is 4.31. The molecule has 0 aliphatic carbocycles. The Morgan fingerprint density at radius 3 is 2.59 bits per heavy atom. The van der Waals surface area contributed by atoms with Crippen molar-refractivity contribution in [1.29, 1.82) is 0 Å². The van der Waals surface area contributed by atoms with Crippen molar-refractivity contribution in [2.75, 3.05) is 48.4 Å². The summed E-state index contributed by atoms with van der Waals surface area (Å²) in [5.41, 5.74) is 10.1. The highest BCUT2D eigenvalue weighted by Gasteiger charge is 2.22. The monoisotopic (exact) mass is 504 g/mol. The Labute approximate surface area is 213 Å². The molecule has 2 aromatic carbocycles. The number of nitrogens with two attached hydrogens (primary N) is 1. The van der Waals surface area contributed by atoms with Gasteiger partial charge in [0.1, 0.15) is 11.9 Å². The molecular weight excluding hydrogens is 475 g/mol. The molecule has 11 heteroatoms. The fourth-order valence-electron chi connectivity index (χ4n) is 4.31. The first-order chi connectivity index (χ1) is 17.9. The number of hydrogen-bond donors (Lipinski definition) is 3. The maximum absolute atomic E-state index is 13.8. The van der Waals surface area contributed by atoms with Crippen LogP contribution in [0.5, 0.6) is 0 Å². The smallest absolute Gasteiger partial charge is 0.271 e. The van der Waals surface area contributed by atoms with Gasteiger partial charge in [0.15, 0.2) is 17.3 Å². The molecule has 0 radical (unpaired) electrons. The van der Waals surface area contributed by atoms with Gasteiger partial charge < -0.3 is 30.6 Å². The highest BCUT2D eigenvalue weighted by molar-refractivity contribution is 6.00. The fraction of sp³-hybridized carbons (Fsp3) is 0.308. The number of aryl methyl sites for hydroxylation is 1. The summed E-state index contributed by atoms with van der Waals surface area (Å²) in [5, 5.41) is 6.19. The topological polar surface area (TPSA) is 123 Å². The zero-order valence-electron chi connectivity index (χ0n) is 20.7. The molecule has 4 N–H and O–H groups in total. The number of ether oxygens (including phenoxy) is 1. The van der Waals surface area contributed by atoms with Crippen LogP contribution in [0.1, 0.15) is 17.4 Å². The van der Waals surface area contributed by atoms with Gasteiger partial charge in [-0.2, -0.15) is 0 Å². The Balaban J connectivity index is 1.54. The molecular formula is C26H29FN8O2. The maximum atomic E-state index is 13.8. The summed E-state index contributed by atoms with van der Waals surface area (Å²) in [5.74, 6) is -0.238. The average Bonchev–Trinajstić information content (AvgIpc) is 3.29. The van der Waals surface area contributed by atoms with Crippen LogP contribution in [-0.4, -0.2) is 64.4 Å². The first kappa shape index (κ1) is 24.4. The first-order valence-corrected chi connectivity index (χ1v) is 12.1. The number of imidazole rings is 1. The van der Waals surface area contributed by atoms with Crippen molar-refractivity contribution >= 4 is 40.0 Å². The summed E-state index contributed by atoms with van der Waals surface area (Å²) in [6, 6.07) is 13.4. The zero-order valence-corrected chi connectivity index (χ0v) is 20.7. The van der Waals surface area contributed by atoms with Crippen molar-refractivity contribution in [1.82, 2.24) is 19.5 Å². The Hall–Kier alpha value is -4.25. The third-order valence-electron chi connectivity index (χ3n) is 6.20. The van der Waals surface area contributed by atoms with Crippen LogP contribution in [0.25, 0.3) is 22.3 Å². The van der Waals surface area contributed by atoms with E-state index in [-0.39, 0.29) is 18.1 Å². The Bertz CT molecular complexity index is 1410. The van der Waals surface area contributed by atoms with Crippen molar-refractivity contribution < 1.29 is 13.9 Å². The number of carbonyl (C=O) groups excluding carboxylic acids is 1. The van der Waals surface area contributed by atoms with E-state index in [0.29, 0.717) is 41.5 Å². The largest absolute Gasteiger partial charge is 0.378 e. The number of para-hydroxylation sites is 1. The van der Waals surface area contributed by atoms with Crippen LogP contribution in [0, 0.1) is 0 Å². The van der Waals surface area contributed by atoms with Gasteiger partial charge in [0.05, 0.1) is 30.6 Å². The normalized spacial score (nSPS) is 14.5. The van der Waals surface area contributed by atoms with Crippen LogP contribution in [0.2, 0.25) is 0 Å². The standard InChI is InChI=1S/C26H29FN8O2/c1-16(27)14-29-25-22(19-4-3-5-20-21(19)30-15-34(20)2)32-23(24(28)36)26(33-25)31-17-6-8-18(9-7-17)35-10-12-37-13-11-35/h3-9,15-16H,10-14H2,1-2H3,(H2,28,36)(H2,29,31,33)/t16-/m1/s1. The van der Waals surface area contributed by atoms with Crippen molar-refractivity contribution in [2.24, 2.45) is 12.8 Å². The molecule has 3 heterocycles. The molecule has 1 aliphatic rings. The zero-order chi connectivity index (χ0) is 25.9. The third kappa shape index (κ3) is 5.17.